The van der Waals surface area contributed by atoms with E-state index in [4.69, 9.17) is 10.5 Å². The molecule has 0 saturated carbocycles. The van der Waals surface area contributed by atoms with Crippen LogP contribution in [0.3, 0.4) is 0 Å². The lowest BCUT2D eigenvalue weighted by Crippen LogP contribution is -1.81. The maximum Gasteiger partial charge on any atom is 0.0652 e. The van der Waals surface area contributed by atoms with Crippen molar-refractivity contribution in [1.82, 2.24) is 0 Å². The maximum absolute atomic E-state index is 8.08. The molecule has 0 heterocycles. The van der Waals surface area contributed by atoms with Gasteiger partial charge in [-0.1, -0.05) is 6.92 Å². The molecule has 0 aliphatic heterocycles. The number of hydrogen-bond acceptors (Lipinski definition) is 2. The predicted molar refractivity (Wildman–Crippen MR) is 45.5 cm³/mol. The Morgan fingerprint density at radius 2 is 1.45 bits per heavy atom. The minimum absolute atomic E-state index is 0.190. The minimum Gasteiger partial charge on any atom is -0.198 e. The largest absolute Gasteiger partial charge is 0.198 e. The van der Waals surface area contributed by atoms with Gasteiger partial charge in [-0.05, 0) is 27.2 Å². The van der Waals surface area contributed by atoms with E-state index in [2.05, 4.69) is 6.07 Å². The van der Waals surface area contributed by atoms with E-state index in [1.165, 1.54) is 0 Å². The summed E-state index contributed by atoms with van der Waals surface area (Å²) in [5.74, 6) is 0.431. The summed E-state index contributed by atoms with van der Waals surface area (Å²) in [6.07, 6.45) is 0.969. The van der Waals surface area contributed by atoms with Crippen molar-refractivity contribution in [1.29, 1.82) is 10.5 Å². The van der Waals surface area contributed by atoms with Gasteiger partial charge in [0.15, 0.2) is 0 Å². The molecule has 1 unspecified atom stereocenters. The molecule has 0 N–H and O–H groups in total. The van der Waals surface area contributed by atoms with Gasteiger partial charge in [-0.2, -0.15) is 10.5 Å². The standard InChI is InChI=1S/C5H9N.C4H7N/c1-3-5(2)4-6;1-4(2)3-5/h5H,3H2,1-2H3;4H,1-2H3. The van der Waals surface area contributed by atoms with Crippen LogP contribution in [0.4, 0.5) is 0 Å². The summed E-state index contributed by atoms with van der Waals surface area (Å²) < 4.78 is 0. The van der Waals surface area contributed by atoms with E-state index >= 15 is 0 Å². The van der Waals surface area contributed by atoms with Crippen LogP contribution in [0, 0.1) is 34.5 Å². The van der Waals surface area contributed by atoms with E-state index in [9.17, 15) is 0 Å². The lowest BCUT2D eigenvalue weighted by atomic mass is 10.2. The molecule has 2 heteroatoms. The molecule has 0 saturated heterocycles. The van der Waals surface area contributed by atoms with Crippen molar-refractivity contribution in [2.24, 2.45) is 11.8 Å². The van der Waals surface area contributed by atoms with Crippen molar-refractivity contribution < 1.29 is 0 Å². The second-order valence-corrected chi connectivity index (χ2v) is 2.72. The topological polar surface area (TPSA) is 47.6 Å². The van der Waals surface area contributed by atoms with Crippen LogP contribution in [0.1, 0.15) is 34.1 Å². The first kappa shape index (κ1) is 12.6. The predicted octanol–water partition coefficient (Wildman–Crippen LogP) is 2.72. The average Bonchev–Trinajstić information content (AvgIpc) is 2.04. The van der Waals surface area contributed by atoms with Crippen molar-refractivity contribution in [3.05, 3.63) is 0 Å². The maximum atomic E-state index is 8.08. The molecule has 2 nitrogen and oxygen atoms in total. The van der Waals surface area contributed by atoms with Crippen LogP contribution in [0.15, 0.2) is 0 Å². The van der Waals surface area contributed by atoms with Gasteiger partial charge in [-0.15, -0.1) is 0 Å². The Balaban J connectivity index is 0. The van der Waals surface area contributed by atoms with Crippen LogP contribution in [0.25, 0.3) is 0 Å². The molecule has 0 aromatic rings. The zero-order valence-electron chi connectivity index (χ0n) is 7.76. The second kappa shape index (κ2) is 8.98. The molecule has 0 bridgehead atoms. The summed E-state index contributed by atoms with van der Waals surface area (Å²) in [4.78, 5) is 0. The van der Waals surface area contributed by atoms with Gasteiger partial charge in [-0.3, -0.25) is 0 Å². The molecule has 0 spiro atoms. The highest BCUT2D eigenvalue weighted by molar-refractivity contribution is 4.76. The molecule has 62 valence electrons. The van der Waals surface area contributed by atoms with Crippen molar-refractivity contribution in [2.45, 2.75) is 34.1 Å². The molecule has 11 heavy (non-hydrogen) atoms. The number of nitrogens with zero attached hydrogens (tertiary/aromatic N) is 2. The van der Waals surface area contributed by atoms with Gasteiger partial charge in [0.25, 0.3) is 0 Å². The van der Waals surface area contributed by atoms with E-state index < -0.39 is 0 Å². The number of rotatable bonds is 1. The monoisotopic (exact) mass is 152 g/mol. The lowest BCUT2D eigenvalue weighted by molar-refractivity contribution is 0.713. The Labute approximate surface area is 69.4 Å². The Morgan fingerprint density at radius 1 is 1.09 bits per heavy atom. The second-order valence-electron chi connectivity index (χ2n) is 2.72. The lowest BCUT2D eigenvalue weighted by Gasteiger charge is -1.87. The van der Waals surface area contributed by atoms with E-state index in [-0.39, 0.29) is 11.8 Å². The fourth-order valence-corrected chi connectivity index (χ4v) is 0.0913. The third kappa shape index (κ3) is 17.6. The van der Waals surface area contributed by atoms with E-state index in [1.807, 2.05) is 33.8 Å². The highest BCUT2D eigenvalue weighted by atomic mass is 14.2. The first-order chi connectivity index (χ1) is 5.08. The van der Waals surface area contributed by atoms with Gasteiger partial charge >= 0.3 is 0 Å². The Hall–Kier alpha value is -1.02. The van der Waals surface area contributed by atoms with Crippen molar-refractivity contribution in [2.75, 3.05) is 0 Å². The van der Waals surface area contributed by atoms with Gasteiger partial charge in [0.2, 0.25) is 0 Å². The van der Waals surface area contributed by atoms with Gasteiger partial charge in [0, 0.05) is 11.8 Å². The van der Waals surface area contributed by atoms with Gasteiger partial charge in [0.05, 0.1) is 12.1 Å². The Morgan fingerprint density at radius 3 is 1.45 bits per heavy atom. The Bertz CT molecular complexity index is 148. The zero-order chi connectivity index (χ0) is 9.28. The molecule has 0 rings (SSSR count). The van der Waals surface area contributed by atoms with Gasteiger partial charge < -0.3 is 0 Å². The van der Waals surface area contributed by atoms with Crippen LogP contribution >= 0.6 is 0 Å². The molecule has 0 radical (unpaired) electrons. The third-order valence-corrected chi connectivity index (χ3v) is 1.09. The summed E-state index contributed by atoms with van der Waals surface area (Å²) in [5, 5.41) is 16.0. The molecule has 0 aromatic heterocycles. The molecule has 1 atom stereocenters. The fraction of sp³-hybridized carbons (Fsp3) is 0.778. The molecular weight excluding hydrogens is 136 g/mol. The first-order valence-electron chi connectivity index (χ1n) is 3.87. The number of hydrogen-bond donors (Lipinski definition) is 0. The normalized spacial score (nSPS) is 10.5. The molecule has 0 aliphatic carbocycles. The SMILES string of the molecule is CC(C)C#N.CCC(C)C#N. The quantitative estimate of drug-likeness (QED) is 0.580. The summed E-state index contributed by atoms with van der Waals surface area (Å²) >= 11 is 0. The highest BCUT2D eigenvalue weighted by Crippen LogP contribution is 1.94. The van der Waals surface area contributed by atoms with E-state index in [1.54, 1.807) is 0 Å². The Kier molecular flexibility index (Phi) is 10.3. The first-order valence-corrected chi connectivity index (χ1v) is 3.87. The summed E-state index contributed by atoms with van der Waals surface area (Å²) in [6, 6.07) is 4.14. The van der Waals surface area contributed by atoms with Crippen molar-refractivity contribution >= 4 is 0 Å². The van der Waals surface area contributed by atoms with Gasteiger partial charge in [0.1, 0.15) is 0 Å². The van der Waals surface area contributed by atoms with Crippen molar-refractivity contribution in [3.8, 4) is 12.1 Å². The van der Waals surface area contributed by atoms with Crippen LogP contribution in [-0.2, 0) is 0 Å². The number of nitriles is 2. The van der Waals surface area contributed by atoms with Crippen LogP contribution in [0.2, 0.25) is 0 Å². The fourth-order valence-electron chi connectivity index (χ4n) is 0.0913. The van der Waals surface area contributed by atoms with Crippen LogP contribution in [-0.4, -0.2) is 0 Å². The summed E-state index contributed by atoms with van der Waals surface area (Å²) in [7, 11) is 0. The zero-order valence-corrected chi connectivity index (χ0v) is 7.76. The van der Waals surface area contributed by atoms with Gasteiger partial charge in [-0.25, -0.2) is 0 Å². The third-order valence-electron chi connectivity index (χ3n) is 1.09. The summed E-state index contributed by atoms with van der Waals surface area (Å²) in [5.41, 5.74) is 0. The molecule has 0 aliphatic rings. The molecular formula is C9H16N2. The van der Waals surface area contributed by atoms with Crippen LogP contribution in [0.5, 0.6) is 0 Å². The van der Waals surface area contributed by atoms with Crippen LogP contribution < -0.4 is 0 Å². The molecule has 0 aromatic carbocycles. The van der Waals surface area contributed by atoms with Crippen molar-refractivity contribution in [3.63, 3.8) is 0 Å². The minimum atomic E-state index is 0.190. The van der Waals surface area contributed by atoms with E-state index in [0.717, 1.165) is 6.42 Å². The smallest absolute Gasteiger partial charge is 0.0652 e. The molecule has 0 fully saturated rings. The highest BCUT2D eigenvalue weighted by Gasteiger charge is 1.88. The molecule has 0 amide bonds. The summed E-state index contributed by atoms with van der Waals surface area (Å²) in [6.45, 7) is 7.65. The average molecular weight is 152 g/mol. The van der Waals surface area contributed by atoms with E-state index in [0.29, 0.717) is 0 Å².